The molecule has 2 aliphatic carbocycles. The monoisotopic (exact) mass is 448 g/mol. The highest BCUT2D eigenvalue weighted by atomic mass is 19.1. The molecule has 2 aliphatic rings. The summed E-state index contributed by atoms with van der Waals surface area (Å²) in [6.07, 6.45) is 1.37. The molecule has 33 heavy (non-hydrogen) atoms. The minimum atomic E-state index is -1.02. The minimum Gasteiger partial charge on any atom is -0.486 e. The zero-order valence-corrected chi connectivity index (χ0v) is 17.5. The van der Waals surface area contributed by atoms with Gasteiger partial charge in [0.2, 0.25) is 0 Å². The number of carboxylic acids is 2. The van der Waals surface area contributed by atoms with E-state index in [4.69, 9.17) is 19.7 Å². The maximum absolute atomic E-state index is 14.7. The summed E-state index contributed by atoms with van der Waals surface area (Å²) < 4.78 is 26.8. The molecule has 2 N–H and O–H groups in total. The fourth-order valence-electron chi connectivity index (χ4n) is 4.44. The van der Waals surface area contributed by atoms with Crippen LogP contribution in [-0.2, 0) is 11.2 Å². The first-order valence-electron chi connectivity index (χ1n) is 10.7. The van der Waals surface area contributed by atoms with E-state index in [1.807, 2.05) is 12.1 Å². The molecule has 0 radical (unpaired) electrons. The van der Waals surface area contributed by atoms with Crippen LogP contribution in [0, 0.1) is 11.7 Å². The Hall–Kier alpha value is -3.87. The summed E-state index contributed by atoms with van der Waals surface area (Å²) in [6, 6.07) is 16.3. The summed E-state index contributed by atoms with van der Waals surface area (Å²) in [5.41, 5.74) is 2.33. The molecular weight excluding hydrogens is 427 g/mol. The van der Waals surface area contributed by atoms with Crippen molar-refractivity contribution in [2.24, 2.45) is 5.92 Å². The number of ether oxygens (including phenoxy) is 2. The molecule has 0 unspecified atom stereocenters. The number of benzene rings is 3. The van der Waals surface area contributed by atoms with Gasteiger partial charge in [-0.3, -0.25) is 4.79 Å². The molecule has 3 aromatic rings. The third kappa shape index (κ3) is 4.14. The predicted octanol–water partition coefficient (Wildman–Crippen LogP) is 5.57. The quantitative estimate of drug-likeness (QED) is 0.491. The van der Waals surface area contributed by atoms with E-state index in [1.165, 1.54) is 18.2 Å². The lowest BCUT2D eigenvalue weighted by Crippen LogP contribution is -2.06. The van der Waals surface area contributed by atoms with Crippen LogP contribution < -0.4 is 9.47 Å². The molecule has 0 aromatic heterocycles. The first-order valence-corrected chi connectivity index (χ1v) is 10.7. The van der Waals surface area contributed by atoms with Gasteiger partial charge in [-0.05, 0) is 79.3 Å². The van der Waals surface area contributed by atoms with Crippen molar-refractivity contribution in [3.05, 3.63) is 88.7 Å². The highest BCUT2D eigenvalue weighted by molar-refractivity contribution is 5.87. The van der Waals surface area contributed by atoms with E-state index in [9.17, 15) is 14.0 Å². The summed E-state index contributed by atoms with van der Waals surface area (Å²) >= 11 is 0. The Labute approximate surface area is 189 Å². The number of hydrogen-bond donors (Lipinski definition) is 2. The Bertz CT molecular complexity index is 1220. The van der Waals surface area contributed by atoms with Crippen molar-refractivity contribution in [1.29, 1.82) is 0 Å². The molecule has 0 aliphatic heterocycles. The van der Waals surface area contributed by atoms with Gasteiger partial charge in [-0.1, -0.05) is 12.1 Å². The lowest BCUT2D eigenvalue weighted by molar-refractivity contribution is -0.138. The number of aromatic carboxylic acids is 1. The zero-order chi connectivity index (χ0) is 23.1. The SMILES string of the molecule is O=C(O)c1ccc(Oc2ccc(F)c3c2CC[C@H]3Oc2ccc([C@H]3C[C@@H]3C(=O)O)cc2)cc1. The third-order valence-electron chi connectivity index (χ3n) is 6.26. The second-order valence-corrected chi connectivity index (χ2v) is 8.37. The van der Waals surface area contributed by atoms with Crippen LogP contribution in [0.15, 0.2) is 60.7 Å². The molecule has 0 heterocycles. The normalized spacial score (nSPS) is 20.7. The molecule has 7 heteroatoms. The number of carboxylic acid groups (broad SMARTS) is 2. The molecule has 5 rings (SSSR count). The highest BCUT2D eigenvalue weighted by Crippen LogP contribution is 2.48. The van der Waals surface area contributed by atoms with E-state index in [0.29, 0.717) is 42.1 Å². The molecule has 0 amide bonds. The van der Waals surface area contributed by atoms with Gasteiger partial charge < -0.3 is 19.7 Å². The molecule has 168 valence electrons. The smallest absolute Gasteiger partial charge is 0.335 e. The Morgan fingerprint density at radius 1 is 0.909 bits per heavy atom. The van der Waals surface area contributed by atoms with Crippen LogP contribution in [0.1, 0.15) is 51.9 Å². The lowest BCUT2D eigenvalue weighted by Gasteiger charge is -2.17. The number of carbonyl (C=O) groups is 2. The van der Waals surface area contributed by atoms with Crippen molar-refractivity contribution in [2.45, 2.75) is 31.3 Å². The largest absolute Gasteiger partial charge is 0.486 e. The van der Waals surface area contributed by atoms with Crippen LogP contribution in [0.3, 0.4) is 0 Å². The van der Waals surface area contributed by atoms with Crippen molar-refractivity contribution in [3.8, 4) is 17.2 Å². The predicted molar refractivity (Wildman–Crippen MR) is 116 cm³/mol. The summed E-state index contributed by atoms with van der Waals surface area (Å²) in [6.45, 7) is 0. The standard InChI is InChI=1S/C26H21FO6/c27-21-10-12-22(32-16-7-3-15(4-8-16)25(28)29)18-9-11-23(24(18)21)33-17-5-1-14(2-6-17)19-13-20(19)26(30)31/h1-8,10,12,19-20,23H,9,11,13H2,(H,28,29)(H,30,31)/t19-,20+,23-/m1/s1. The van der Waals surface area contributed by atoms with E-state index in [-0.39, 0.29) is 23.2 Å². The van der Waals surface area contributed by atoms with E-state index < -0.39 is 18.0 Å². The van der Waals surface area contributed by atoms with Crippen molar-refractivity contribution < 1.29 is 33.7 Å². The molecule has 1 saturated carbocycles. The van der Waals surface area contributed by atoms with Gasteiger partial charge in [0, 0.05) is 11.1 Å². The molecule has 0 saturated heterocycles. The first kappa shape index (κ1) is 21.0. The Balaban J connectivity index is 1.32. The van der Waals surface area contributed by atoms with Crippen molar-refractivity contribution in [2.75, 3.05) is 0 Å². The molecule has 3 atom stereocenters. The summed E-state index contributed by atoms with van der Waals surface area (Å²) in [7, 11) is 0. The van der Waals surface area contributed by atoms with Gasteiger partial charge in [0.05, 0.1) is 11.5 Å². The number of halogens is 1. The van der Waals surface area contributed by atoms with Crippen molar-refractivity contribution >= 4 is 11.9 Å². The van der Waals surface area contributed by atoms with Gasteiger partial charge in [0.15, 0.2) is 0 Å². The van der Waals surface area contributed by atoms with Gasteiger partial charge in [-0.25, -0.2) is 9.18 Å². The maximum Gasteiger partial charge on any atom is 0.335 e. The van der Waals surface area contributed by atoms with Gasteiger partial charge in [0.25, 0.3) is 0 Å². The van der Waals surface area contributed by atoms with Gasteiger partial charge in [-0.2, -0.15) is 0 Å². The second-order valence-electron chi connectivity index (χ2n) is 8.37. The molecule has 0 spiro atoms. The molecular formula is C26H21FO6. The van der Waals surface area contributed by atoms with Gasteiger partial charge >= 0.3 is 11.9 Å². The molecule has 1 fully saturated rings. The van der Waals surface area contributed by atoms with Crippen LogP contribution in [0.25, 0.3) is 0 Å². The second kappa shape index (κ2) is 8.24. The van der Waals surface area contributed by atoms with E-state index in [1.54, 1.807) is 30.3 Å². The van der Waals surface area contributed by atoms with Crippen molar-refractivity contribution in [1.82, 2.24) is 0 Å². The van der Waals surface area contributed by atoms with E-state index in [2.05, 4.69) is 0 Å². The Kier molecular flexibility index (Phi) is 5.24. The minimum absolute atomic E-state index is 0.0467. The van der Waals surface area contributed by atoms with Crippen molar-refractivity contribution in [3.63, 3.8) is 0 Å². The van der Waals surface area contributed by atoms with Crippen LogP contribution in [0.4, 0.5) is 4.39 Å². The number of hydrogen-bond acceptors (Lipinski definition) is 4. The zero-order valence-electron chi connectivity index (χ0n) is 17.5. The fourth-order valence-corrected chi connectivity index (χ4v) is 4.44. The highest BCUT2D eigenvalue weighted by Gasteiger charge is 2.44. The van der Waals surface area contributed by atoms with E-state index in [0.717, 1.165) is 11.1 Å². The number of rotatable bonds is 7. The van der Waals surface area contributed by atoms with Crippen LogP contribution in [-0.4, -0.2) is 22.2 Å². The average Bonchev–Trinajstić information content (AvgIpc) is 3.50. The molecule has 3 aromatic carbocycles. The number of fused-ring (bicyclic) bond motifs is 1. The lowest BCUT2D eigenvalue weighted by atomic mass is 10.1. The molecule has 0 bridgehead atoms. The van der Waals surface area contributed by atoms with Crippen LogP contribution in [0.2, 0.25) is 0 Å². The summed E-state index contributed by atoms with van der Waals surface area (Å²) in [5, 5.41) is 18.1. The average molecular weight is 448 g/mol. The third-order valence-corrected chi connectivity index (χ3v) is 6.26. The van der Waals surface area contributed by atoms with Gasteiger partial charge in [0.1, 0.15) is 29.2 Å². The van der Waals surface area contributed by atoms with Crippen LogP contribution in [0.5, 0.6) is 17.2 Å². The Morgan fingerprint density at radius 3 is 2.24 bits per heavy atom. The first-order chi connectivity index (χ1) is 15.9. The summed E-state index contributed by atoms with van der Waals surface area (Å²) in [4.78, 5) is 22.1. The topological polar surface area (TPSA) is 93.1 Å². The van der Waals surface area contributed by atoms with E-state index >= 15 is 0 Å². The van der Waals surface area contributed by atoms with Crippen LogP contribution >= 0.6 is 0 Å². The maximum atomic E-state index is 14.7. The summed E-state index contributed by atoms with van der Waals surface area (Å²) in [5.74, 6) is -0.834. The molecule has 6 nitrogen and oxygen atoms in total. The number of aliphatic carboxylic acids is 1. The fraction of sp³-hybridized carbons (Fsp3) is 0.231. The Morgan fingerprint density at radius 2 is 1.61 bits per heavy atom. The van der Waals surface area contributed by atoms with Gasteiger partial charge in [-0.15, -0.1) is 0 Å².